The minimum Gasteiger partial charge on any atom is -0.445 e. The highest BCUT2D eigenvalue weighted by molar-refractivity contribution is 9.10. The van der Waals surface area contributed by atoms with Crippen LogP contribution in [0.25, 0.3) is 5.65 Å². The number of carbonyl (C=O) groups is 1. The van der Waals surface area contributed by atoms with Gasteiger partial charge in [0, 0.05) is 54.7 Å². The Balaban J connectivity index is 1.20. The van der Waals surface area contributed by atoms with Crippen molar-refractivity contribution in [3.8, 4) is 0 Å². The number of aromatic nitrogens is 4. The van der Waals surface area contributed by atoms with Crippen molar-refractivity contribution in [1.82, 2.24) is 24.7 Å². The van der Waals surface area contributed by atoms with Gasteiger partial charge in [-0.25, -0.2) is 19.7 Å². The minimum absolute atomic E-state index is 0.178. The van der Waals surface area contributed by atoms with Crippen LogP contribution in [0.3, 0.4) is 0 Å². The molecule has 4 heterocycles. The number of aryl methyl sites for hydroxylation is 1. The van der Waals surface area contributed by atoms with E-state index in [1.54, 1.807) is 17.5 Å². The van der Waals surface area contributed by atoms with Crippen LogP contribution in [-0.2, 0) is 16.8 Å². The molecule has 1 aliphatic carbocycles. The van der Waals surface area contributed by atoms with Crippen LogP contribution in [0.2, 0.25) is 0 Å². The van der Waals surface area contributed by atoms with Crippen LogP contribution >= 0.6 is 27.3 Å². The third kappa shape index (κ3) is 3.98. The minimum atomic E-state index is -0.392. The van der Waals surface area contributed by atoms with Crippen molar-refractivity contribution in [2.45, 2.75) is 25.4 Å². The summed E-state index contributed by atoms with van der Waals surface area (Å²) >= 11 is 5.23. The third-order valence-electron chi connectivity index (χ3n) is 7.23. The number of imidazole rings is 1. The fourth-order valence-electron chi connectivity index (χ4n) is 5.48. The maximum Gasteiger partial charge on any atom is 0.407 e. The number of carbonyl (C=O) groups excluding carboxylic acids is 1. The molecule has 35 heavy (non-hydrogen) atoms. The van der Waals surface area contributed by atoms with Crippen molar-refractivity contribution in [2.24, 2.45) is 11.8 Å². The van der Waals surface area contributed by atoms with E-state index in [2.05, 4.69) is 36.5 Å². The van der Waals surface area contributed by atoms with Gasteiger partial charge in [0.05, 0.1) is 4.47 Å². The highest BCUT2D eigenvalue weighted by Crippen LogP contribution is 2.63. The van der Waals surface area contributed by atoms with Gasteiger partial charge in [0.15, 0.2) is 5.65 Å². The molecule has 0 radical (unpaired) electrons. The Morgan fingerprint density at radius 1 is 1.29 bits per heavy atom. The summed E-state index contributed by atoms with van der Waals surface area (Å²) in [5.41, 5.74) is 2.67. The molecule has 1 aliphatic heterocycles. The van der Waals surface area contributed by atoms with E-state index in [1.165, 1.54) is 0 Å². The number of hydrogen-bond acceptors (Lipinski definition) is 7. The summed E-state index contributed by atoms with van der Waals surface area (Å²) in [5.74, 6) is 1.73. The predicted molar refractivity (Wildman–Crippen MR) is 138 cm³/mol. The Bertz CT molecular complexity index is 1370. The Kier molecular flexibility index (Phi) is 5.72. The number of nitrogens with one attached hydrogen (secondary N) is 1. The molecule has 2 fully saturated rings. The molecule has 1 N–H and O–H groups in total. The first-order valence-corrected chi connectivity index (χ1v) is 13.3. The van der Waals surface area contributed by atoms with Gasteiger partial charge in [0.25, 0.3) is 0 Å². The first-order chi connectivity index (χ1) is 17.1. The Labute approximate surface area is 215 Å². The molecule has 4 aromatic rings. The van der Waals surface area contributed by atoms with Gasteiger partial charge in [-0.05, 0) is 46.7 Å². The summed E-state index contributed by atoms with van der Waals surface area (Å²) in [6, 6.07) is 9.72. The molecular weight excluding hydrogens is 528 g/mol. The second-order valence-corrected chi connectivity index (χ2v) is 10.9. The molecule has 3 aromatic heterocycles. The molecule has 6 rings (SSSR count). The smallest absolute Gasteiger partial charge is 0.407 e. The maximum atomic E-state index is 12.6. The van der Waals surface area contributed by atoms with Crippen LogP contribution in [0, 0.1) is 18.8 Å². The quantitative estimate of drug-likeness (QED) is 0.377. The fraction of sp³-hybridized carbons (Fsp3) is 0.360. The second-order valence-electron chi connectivity index (χ2n) is 9.22. The molecule has 180 valence electrons. The van der Waals surface area contributed by atoms with E-state index in [1.807, 2.05) is 54.0 Å². The normalized spacial score (nSPS) is 23.2. The average molecular weight is 553 g/mol. The van der Waals surface area contributed by atoms with E-state index in [0.29, 0.717) is 18.4 Å². The lowest BCUT2D eigenvalue weighted by Gasteiger charge is -2.27. The number of ether oxygens (including phenoxy) is 1. The predicted octanol–water partition coefficient (Wildman–Crippen LogP) is 4.58. The van der Waals surface area contributed by atoms with Gasteiger partial charge in [-0.15, -0.1) is 11.3 Å². The van der Waals surface area contributed by atoms with Gasteiger partial charge in [-0.1, -0.05) is 30.3 Å². The SMILES string of the molecule is Cc1csc(C2(CNC(=O)OCc3ccccc3)C3CCN(c4ncc(Br)c5nccn45)CC32)n1. The zero-order valence-corrected chi connectivity index (χ0v) is 21.6. The molecule has 3 unspecified atom stereocenters. The summed E-state index contributed by atoms with van der Waals surface area (Å²) in [6.45, 7) is 4.55. The van der Waals surface area contributed by atoms with Crippen molar-refractivity contribution in [2.75, 3.05) is 24.5 Å². The molecule has 2 aliphatic rings. The molecule has 0 bridgehead atoms. The highest BCUT2D eigenvalue weighted by Gasteiger charge is 2.68. The van der Waals surface area contributed by atoms with Crippen molar-refractivity contribution >= 4 is 45.0 Å². The molecule has 3 atom stereocenters. The van der Waals surface area contributed by atoms with Crippen molar-refractivity contribution in [1.29, 1.82) is 0 Å². The number of hydrogen-bond donors (Lipinski definition) is 1. The zero-order chi connectivity index (χ0) is 24.0. The standard InChI is InChI=1S/C25H25BrN6O2S/c1-16-14-35-22(30-16)25(15-29-24(33)34-13-17-5-3-2-4-6-17)18-7-9-31(12-19(18)25)23-28-11-20(26)21-27-8-10-32(21)23/h2-6,8,10-11,14,18-19H,7,9,12-13,15H2,1H3,(H,29,33). The average Bonchev–Trinajstić information content (AvgIpc) is 3.20. The number of rotatable bonds is 6. The van der Waals surface area contributed by atoms with Gasteiger partial charge in [0.2, 0.25) is 5.95 Å². The number of fused-ring (bicyclic) bond motifs is 2. The van der Waals surface area contributed by atoms with Crippen LogP contribution in [-0.4, -0.2) is 45.1 Å². The van der Waals surface area contributed by atoms with Crippen molar-refractivity contribution in [3.63, 3.8) is 0 Å². The number of thiazole rings is 1. The van der Waals surface area contributed by atoms with Gasteiger partial charge in [0.1, 0.15) is 11.6 Å². The number of amides is 1. The van der Waals surface area contributed by atoms with Crippen LogP contribution in [0.15, 0.2) is 58.8 Å². The molecule has 10 heteroatoms. The van der Waals surface area contributed by atoms with Crippen LogP contribution in [0.5, 0.6) is 0 Å². The Morgan fingerprint density at radius 2 is 2.14 bits per heavy atom. The largest absolute Gasteiger partial charge is 0.445 e. The monoisotopic (exact) mass is 552 g/mol. The van der Waals surface area contributed by atoms with E-state index < -0.39 is 6.09 Å². The number of halogens is 1. The molecule has 1 amide bonds. The van der Waals surface area contributed by atoms with Crippen molar-refractivity contribution < 1.29 is 9.53 Å². The molecule has 1 aromatic carbocycles. The van der Waals surface area contributed by atoms with E-state index in [9.17, 15) is 4.79 Å². The lowest BCUT2D eigenvalue weighted by atomic mass is 10.0. The summed E-state index contributed by atoms with van der Waals surface area (Å²) < 4.78 is 8.39. The van der Waals surface area contributed by atoms with E-state index in [4.69, 9.17) is 14.7 Å². The highest BCUT2D eigenvalue weighted by atomic mass is 79.9. The van der Waals surface area contributed by atoms with E-state index in [0.717, 1.165) is 51.8 Å². The van der Waals surface area contributed by atoms with Gasteiger partial charge in [-0.3, -0.25) is 4.40 Å². The van der Waals surface area contributed by atoms with Crippen LogP contribution < -0.4 is 10.2 Å². The van der Waals surface area contributed by atoms with Gasteiger partial charge >= 0.3 is 6.09 Å². The first kappa shape index (κ1) is 22.5. The number of alkyl carbamates (subject to hydrolysis) is 1. The molecule has 1 saturated carbocycles. The molecule has 0 spiro atoms. The summed E-state index contributed by atoms with van der Waals surface area (Å²) in [6.07, 6.45) is 6.18. The second kappa shape index (κ2) is 8.91. The molecule has 8 nitrogen and oxygen atoms in total. The Morgan fingerprint density at radius 3 is 2.94 bits per heavy atom. The van der Waals surface area contributed by atoms with E-state index >= 15 is 0 Å². The summed E-state index contributed by atoms with van der Waals surface area (Å²) in [5, 5.41) is 6.26. The lowest BCUT2D eigenvalue weighted by Crippen LogP contribution is -2.36. The summed E-state index contributed by atoms with van der Waals surface area (Å²) in [4.78, 5) is 28.9. The fourth-order valence-corrected chi connectivity index (χ4v) is 7.01. The first-order valence-electron chi connectivity index (χ1n) is 11.7. The topological polar surface area (TPSA) is 84.6 Å². The van der Waals surface area contributed by atoms with Gasteiger partial charge in [-0.2, -0.15) is 0 Å². The summed E-state index contributed by atoms with van der Waals surface area (Å²) in [7, 11) is 0. The van der Waals surface area contributed by atoms with Crippen LogP contribution in [0.1, 0.15) is 22.7 Å². The van der Waals surface area contributed by atoms with Crippen molar-refractivity contribution in [3.05, 3.63) is 75.0 Å². The molecular formula is C25H25BrN6O2S. The lowest BCUT2D eigenvalue weighted by molar-refractivity contribution is 0.138. The number of piperidine rings is 1. The zero-order valence-electron chi connectivity index (χ0n) is 19.2. The number of benzene rings is 1. The maximum absolute atomic E-state index is 12.6. The molecule has 1 saturated heterocycles. The van der Waals surface area contributed by atoms with E-state index in [-0.39, 0.29) is 12.0 Å². The van der Waals surface area contributed by atoms with Crippen LogP contribution in [0.4, 0.5) is 10.7 Å². The number of anilines is 1. The number of nitrogens with zero attached hydrogens (tertiary/aromatic N) is 5. The van der Waals surface area contributed by atoms with Gasteiger partial charge < -0.3 is 15.0 Å². The third-order valence-corrected chi connectivity index (χ3v) is 8.94. The Hall–Kier alpha value is -2.98.